The molecular weight excluding hydrogens is 186 g/mol. The van der Waals surface area contributed by atoms with Crippen LogP contribution in [0.4, 0.5) is 0 Å². The van der Waals surface area contributed by atoms with Gasteiger partial charge in [0.05, 0.1) is 0 Å². The van der Waals surface area contributed by atoms with Gasteiger partial charge in [0.25, 0.3) is 0 Å². The lowest BCUT2D eigenvalue weighted by molar-refractivity contribution is 0.599. The lowest BCUT2D eigenvalue weighted by Gasteiger charge is -1.73. The van der Waals surface area contributed by atoms with Crippen LogP contribution in [0.25, 0.3) is 20.9 Å². The molecule has 0 radical (unpaired) electrons. The lowest BCUT2D eigenvalue weighted by atomic mass is 10.8. The van der Waals surface area contributed by atoms with Gasteiger partial charge in [0.1, 0.15) is 0 Å². The normalized spacial score (nSPS) is 8.17. The molecule has 0 spiro atoms. The molecule has 2 N–H and O–H groups in total. The molecule has 0 aliphatic heterocycles. The Balaban J connectivity index is 0. The maximum absolute atomic E-state index is 9.99. The molecule has 0 unspecified atom stereocenters. The minimum atomic E-state index is -4.27. The first-order chi connectivity index (χ1) is 5.54. The van der Waals surface area contributed by atoms with Gasteiger partial charge >= 0.3 is 10.2 Å². The lowest BCUT2D eigenvalue weighted by Crippen LogP contribution is -1.87. The number of hydrogen-bond acceptors (Lipinski definition) is 3. The summed E-state index contributed by atoms with van der Waals surface area (Å²) in [6.07, 6.45) is 0. The smallest absolute Gasteiger partial charge is 0.321 e. The van der Waals surface area contributed by atoms with Gasteiger partial charge in [-0.25, -0.2) is 8.42 Å². The van der Waals surface area contributed by atoms with E-state index in [1.54, 1.807) is 0 Å². The van der Waals surface area contributed by atoms with Crippen molar-refractivity contribution in [1.29, 1.82) is 0 Å². The molecule has 0 rings (SSSR count). The maximum atomic E-state index is 9.99. The number of rotatable bonds is 2. The second-order valence-electron chi connectivity index (χ2n) is 1.20. The molecule has 12 heavy (non-hydrogen) atoms. The molecule has 0 atom stereocenters. The summed E-state index contributed by atoms with van der Waals surface area (Å²) in [5.74, 6) is 0. The number of nitrogens with two attached hydrogens (primary N) is 1. The van der Waals surface area contributed by atoms with Crippen LogP contribution in [0.5, 0.6) is 0 Å². The summed E-state index contributed by atoms with van der Waals surface area (Å²) in [7, 11) is -4.27. The van der Waals surface area contributed by atoms with Crippen molar-refractivity contribution in [3.05, 3.63) is 20.9 Å². The quantitative estimate of drug-likeness (QED) is 0.391. The van der Waals surface area contributed by atoms with E-state index >= 15 is 0 Å². The summed E-state index contributed by atoms with van der Waals surface area (Å²) in [5.41, 5.74) is 19.9. The summed E-state index contributed by atoms with van der Waals surface area (Å²) in [6, 6.07) is 0. The number of nitrogens with zero attached hydrogens (tertiary/aromatic N) is 6. The standard InChI is InChI=1S/C2H7N.N6O2S/c1-2-3;1-3-5-9(7,8)6-4-2/h2-3H2,1H3;. The predicted molar refractivity (Wildman–Crippen MR) is 41.9 cm³/mol. The van der Waals surface area contributed by atoms with Crippen molar-refractivity contribution in [3.63, 3.8) is 0 Å². The topological polar surface area (TPSA) is 158 Å². The largest absolute Gasteiger partial charge is 0.331 e. The molecule has 0 aromatic heterocycles. The maximum Gasteiger partial charge on any atom is 0.321 e. The molecule has 10 heteroatoms. The third-order valence-electron chi connectivity index (χ3n) is 0.279. The van der Waals surface area contributed by atoms with Crippen molar-refractivity contribution < 1.29 is 8.42 Å². The fourth-order valence-electron chi connectivity index (χ4n) is 0.109. The summed E-state index contributed by atoms with van der Waals surface area (Å²) >= 11 is 0. The monoisotopic (exact) mass is 193 g/mol. The number of hydrogen-bond donors (Lipinski definition) is 1. The fourth-order valence-corrected chi connectivity index (χ4v) is 0.326. The molecule has 0 aliphatic rings. The average molecular weight is 193 g/mol. The molecule has 0 amide bonds. The van der Waals surface area contributed by atoms with E-state index in [9.17, 15) is 8.42 Å². The Morgan fingerprint density at radius 3 is 1.75 bits per heavy atom. The zero-order chi connectivity index (χ0) is 10.0. The van der Waals surface area contributed by atoms with E-state index in [1.807, 2.05) is 16.7 Å². The fraction of sp³-hybridized carbons (Fsp3) is 1.00. The van der Waals surface area contributed by atoms with Crippen molar-refractivity contribution >= 4 is 10.2 Å². The summed E-state index contributed by atoms with van der Waals surface area (Å²) < 4.78 is 24.3. The van der Waals surface area contributed by atoms with Gasteiger partial charge < -0.3 is 5.73 Å². The highest BCUT2D eigenvalue weighted by Crippen LogP contribution is 1.92. The molecule has 0 heterocycles. The van der Waals surface area contributed by atoms with Gasteiger partial charge in [-0.05, 0) is 17.6 Å². The van der Waals surface area contributed by atoms with E-state index in [1.165, 1.54) is 0 Å². The third-order valence-corrected chi connectivity index (χ3v) is 0.838. The van der Waals surface area contributed by atoms with Crippen LogP contribution >= 0.6 is 0 Å². The summed E-state index contributed by atoms with van der Waals surface area (Å²) in [5, 5.41) is 0. The number of azide groups is 1. The Morgan fingerprint density at radius 1 is 1.33 bits per heavy atom. The van der Waals surface area contributed by atoms with E-state index in [4.69, 9.17) is 16.8 Å². The molecule has 0 saturated heterocycles. The highest BCUT2D eigenvalue weighted by Gasteiger charge is 1.99. The van der Waals surface area contributed by atoms with Crippen LogP contribution in [0, 0.1) is 0 Å². The second kappa shape index (κ2) is 7.63. The van der Waals surface area contributed by atoms with Gasteiger partial charge in [0.2, 0.25) is 0 Å². The van der Waals surface area contributed by atoms with E-state index in [0.717, 1.165) is 6.54 Å². The van der Waals surface area contributed by atoms with Gasteiger partial charge in [0, 0.05) is 18.9 Å². The molecule has 0 aromatic carbocycles. The first-order valence-corrected chi connectivity index (χ1v) is 4.01. The Hall–Kier alpha value is -1.47. The molecule has 68 valence electrons. The first kappa shape index (κ1) is 13.1. The van der Waals surface area contributed by atoms with E-state index < -0.39 is 10.2 Å². The summed E-state index contributed by atoms with van der Waals surface area (Å²) in [6.45, 7) is 2.65. The van der Waals surface area contributed by atoms with Crippen LogP contribution in [-0.2, 0) is 10.2 Å². The zero-order valence-corrected chi connectivity index (χ0v) is 7.01. The highest BCUT2D eigenvalue weighted by molar-refractivity contribution is 7.88. The molecule has 0 saturated carbocycles. The second-order valence-corrected chi connectivity index (χ2v) is 2.42. The SMILES string of the molecule is CCN.[N-]=[N+]=NS(=O)(=O)N=[N+]=[N-]. The van der Waals surface area contributed by atoms with Gasteiger partial charge in [-0.1, -0.05) is 6.92 Å². The third kappa shape index (κ3) is 11.3. The van der Waals surface area contributed by atoms with Crippen LogP contribution in [0.15, 0.2) is 9.04 Å². The average Bonchev–Trinajstić information content (AvgIpc) is 1.88. The van der Waals surface area contributed by atoms with Gasteiger partial charge in [-0.3, -0.25) is 0 Å². The molecule has 9 nitrogen and oxygen atoms in total. The summed E-state index contributed by atoms with van der Waals surface area (Å²) in [4.78, 5) is 3.80. The van der Waals surface area contributed by atoms with Gasteiger partial charge in [-0.15, -0.1) is 0 Å². The van der Waals surface area contributed by atoms with Crippen molar-refractivity contribution in [3.8, 4) is 0 Å². The van der Waals surface area contributed by atoms with Crippen molar-refractivity contribution in [2.45, 2.75) is 6.92 Å². The highest BCUT2D eigenvalue weighted by atomic mass is 32.2. The van der Waals surface area contributed by atoms with Crippen LogP contribution in [0.2, 0.25) is 0 Å². The van der Waals surface area contributed by atoms with E-state index in [-0.39, 0.29) is 0 Å². The molecule has 0 fully saturated rings. The molecular formula is C2H7N7O2S. The Morgan fingerprint density at radius 2 is 1.58 bits per heavy atom. The van der Waals surface area contributed by atoms with Crippen molar-refractivity contribution in [2.75, 3.05) is 6.54 Å². The molecule has 0 aromatic rings. The van der Waals surface area contributed by atoms with Crippen molar-refractivity contribution in [1.82, 2.24) is 0 Å². The Bertz CT molecular complexity index is 269. The van der Waals surface area contributed by atoms with E-state index in [0.29, 0.717) is 0 Å². The minimum Gasteiger partial charge on any atom is -0.331 e. The van der Waals surface area contributed by atoms with E-state index in [2.05, 4.69) is 9.04 Å². The molecule has 0 aliphatic carbocycles. The minimum absolute atomic E-state index is 0.750. The van der Waals surface area contributed by atoms with Crippen LogP contribution in [-0.4, -0.2) is 15.0 Å². The van der Waals surface area contributed by atoms with Crippen LogP contribution in [0.1, 0.15) is 6.92 Å². The Kier molecular flexibility index (Phi) is 8.36. The van der Waals surface area contributed by atoms with Crippen molar-refractivity contribution in [2.24, 2.45) is 14.8 Å². The first-order valence-electron chi connectivity index (χ1n) is 2.61. The predicted octanol–water partition coefficient (Wildman–Crippen LogP) is 0.817. The van der Waals surface area contributed by atoms with Crippen LogP contribution in [0.3, 0.4) is 0 Å². The Labute approximate surface area is 68.6 Å². The molecule has 0 bridgehead atoms. The van der Waals surface area contributed by atoms with Gasteiger partial charge in [-0.2, -0.15) is 0 Å². The zero-order valence-electron chi connectivity index (χ0n) is 6.19. The van der Waals surface area contributed by atoms with Gasteiger partial charge in [0.15, 0.2) is 0 Å². The van der Waals surface area contributed by atoms with Crippen LogP contribution < -0.4 is 5.73 Å².